The lowest BCUT2D eigenvalue weighted by Gasteiger charge is -2.28. The van der Waals surface area contributed by atoms with Gasteiger partial charge in [0.15, 0.2) is 0 Å². The molecule has 0 aliphatic carbocycles. The van der Waals surface area contributed by atoms with Crippen LogP contribution < -0.4 is 5.73 Å². The number of carbonyl (C=O) groups is 1. The first kappa shape index (κ1) is 15.7. The summed E-state index contributed by atoms with van der Waals surface area (Å²) in [5, 5.41) is 3.89. The average molecular weight is 267 g/mol. The van der Waals surface area contributed by atoms with E-state index in [1.54, 1.807) is 11.9 Å². The number of rotatable bonds is 4. The van der Waals surface area contributed by atoms with E-state index in [0.717, 1.165) is 17.0 Å². The minimum Gasteiger partial charge on any atom is -0.361 e. The van der Waals surface area contributed by atoms with E-state index in [1.165, 1.54) is 0 Å². The summed E-state index contributed by atoms with van der Waals surface area (Å²) in [6, 6.07) is -0.146. The van der Waals surface area contributed by atoms with Crippen molar-refractivity contribution in [1.29, 1.82) is 0 Å². The second kappa shape index (κ2) is 5.74. The van der Waals surface area contributed by atoms with Gasteiger partial charge in [0.2, 0.25) is 5.91 Å². The largest absolute Gasteiger partial charge is 0.361 e. The number of hydrogen-bond acceptors (Lipinski definition) is 4. The van der Waals surface area contributed by atoms with Crippen molar-refractivity contribution in [3.63, 3.8) is 0 Å². The van der Waals surface area contributed by atoms with Crippen molar-refractivity contribution in [1.82, 2.24) is 10.1 Å². The van der Waals surface area contributed by atoms with E-state index >= 15 is 0 Å². The Bertz CT molecular complexity index is 427. The number of nitrogens with two attached hydrogens (primary N) is 1. The molecule has 0 saturated carbocycles. The van der Waals surface area contributed by atoms with Gasteiger partial charge in [-0.15, -0.1) is 0 Å². The molecule has 1 atom stereocenters. The van der Waals surface area contributed by atoms with Gasteiger partial charge in [-0.25, -0.2) is 0 Å². The fraction of sp³-hybridized carbons (Fsp3) is 0.714. The van der Waals surface area contributed by atoms with Crippen LogP contribution in [0.25, 0.3) is 0 Å². The van der Waals surface area contributed by atoms with Gasteiger partial charge in [0, 0.05) is 25.1 Å². The number of aryl methyl sites for hydroxylation is 2. The predicted molar refractivity (Wildman–Crippen MR) is 74.5 cm³/mol. The third-order valence-electron chi connectivity index (χ3n) is 3.51. The smallest absolute Gasteiger partial charge is 0.224 e. The molecule has 2 N–H and O–H groups in total. The van der Waals surface area contributed by atoms with Gasteiger partial charge in [-0.05, 0) is 19.3 Å². The van der Waals surface area contributed by atoms with Crippen molar-refractivity contribution in [3.8, 4) is 0 Å². The van der Waals surface area contributed by atoms with E-state index in [2.05, 4.69) is 5.16 Å². The van der Waals surface area contributed by atoms with E-state index in [0.29, 0.717) is 13.0 Å². The Kier molecular flexibility index (Phi) is 4.74. The predicted octanol–water partition coefficient (Wildman–Crippen LogP) is 2.01. The molecule has 5 heteroatoms. The fourth-order valence-corrected chi connectivity index (χ4v) is 1.70. The Morgan fingerprint density at radius 3 is 2.42 bits per heavy atom. The van der Waals surface area contributed by atoms with Crippen molar-refractivity contribution in [2.24, 2.45) is 11.1 Å². The van der Waals surface area contributed by atoms with Crippen LogP contribution in [0.15, 0.2) is 4.52 Å². The highest BCUT2D eigenvalue weighted by Crippen LogP contribution is 2.21. The number of amides is 1. The SMILES string of the molecule is Cc1noc(C)c1CN(C)C(=O)CC(N)C(C)(C)C. The molecule has 0 bridgehead atoms. The summed E-state index contributed by atoms with van der Waals surface area (Å²) >= 11 is 0. The van der Waals surface area contributed by atoms with E-state index in [4.69, 9.17) is 10.3 Å². The van der Waals surface area contributed by atoms with Crippen LogP contribution in [0.5, 0.6) is 0 Å². The molecular weight excluding hydrogens is 242 g/mol. The maximum absolute atomic E-state index is 12.1. The number of carbonyl (C=O) groups excluding carboxylic acids is 1. The second-order valence-corrected chi connectivity index (χ2v) is 6.23. The summed E-state index contributed by atoms with van der Waals surface area (Å²) in [7, 11) is 1.78. The van der Waals surface area contributed by atoms with Crippen LogP contribution in [-0.4, -0.2) is 29.1 Å². The van der Waals surface area contributed by atoms with Crippen molar-refractivity contribution >= 4 is 5.91 Å². The molecule has 1 aromatic rings. The number of aromatic nitrogens is 1. The molecular formula is C14H25N3O2. The van der Waals surface area contributed by atoms with Gasteiger partial charge in [-0.1, -0.05) is 25.9 Å². The van der Waals surface area contributed by atoms with Crippen LogP contribution in [0, 0.1) is 19.3 Å². The first-order valence-corrected chi connectivity index (χ1v) is 6.54. The first-order chi connectivity index (χ1) is 8.62. The Hall–Kier alpha value is -1.36. The van der Waals surface area contributed by atoms with Crippen LogP contribution in [0.1, 0.15) is 44.2 Å². The van der Waals surface area contributed by atoms with Crippen molar-refractivity contribution in [3.05, 3.63) is 17.0 Å². The van der Waals surface area contributed by atoms with Crippen LogP contribution in [0.4, 0.5) is 0 Å². The zero-order valence-electron chi connectivity index (χ0n) is 12.8. The maximum Gasteiger partial charge on any atom is 0.224 e. The molecule has 5 nitrogen and oxygen atoms in total. The molecule has 0 fully saturated rings. The minimum atomic E-state index is -0.146. The van der Waals surface area contributed by atoms with Gasteiger partial charge in [0.25, 0.3) is 0 Å². The third-order valence-corrected chi connectivity index (χ3v) is 3.51. The lowest BCUT2D eigenvalue weighted by Crippen LogP contribution is -2.40. The van der Waals surface area contributed by atoms with E-state index in [-0.39, 0.29) is 17.4 Å². The topological polar surface area (TPSA) is 72.4 Å². The molecule has 1 unspecified atom stereocenters. The lowest BCUT2D eigenvalue weighted by molar-refractivity contribution is -0.131. The quantitative estimate of drug-likeness (QED) is 0.905. The molecule has 19 heavy (non-hydrogen) atoms. The number of nitrogens with zero attached hydrogens (tertiary/aromatic N) is 2. The Balaban J connectivity index is 2.64. The molecule has 1 heterocycles. The Labute approximate surface area is 115 Å². The van der Waals surface area contributed by atoms with E-state index < -0.39 is 0 Å². The van der Waals surface area contributed by atoms with Crippen LogP contribution in [0.3, 0.4) is 0 Å². The van der Waals surface area contributed by atoms with Gasteiger partial charge in [-0.2, -0.15) is 0 Å². The molecule has 108 valence electrons. The van der Waals surface area contributed by atoms with Gasteiger partial charge in [-0.3, -0.25) is 4.79 Å². The molecule has 1 amide bonds. The molecule has 0 spiro atoms. The highest BCUT2D eigenvalue weighted by molar-refractivity contribution is 5.76. The second-order valence-electron chi connectivity index (χ2n) is 6.23. The summed E-state index contributed by atoms with van der Waals surface area (Å²) in [5.41, 5.74) is 7.78. The van der Waals surface area contributed by atoms with Crippen molar-refractivity contribution < 1.29 is 9.32 Å². The van der Waals surface area contributed by atoms with E-state index in [9.17, 15) is 4.79 Å². The molecule has 1 aromatic heterocycles. The normalized spacial score (nSPS) is 13.4. The van der Waals surface area contributed by atoms with Crippen LogP contribution >= 0.6 is 0 Å². The van der Waals surface area contributed by atoms with Gasteiger partial charge < -0.3 is 15.2 Å². The summed E-state index contributed by atoms with van der Waals surface area (Å²) in [5.74, 6) is 0.805. The standard InChI is InChI=1S/C14H25N3O2/c1-9-11(10(2)19-16-9)8-17(6)13(18)7-12(15)14(3,4)5/h12H,7-8,15H2,1-6H3. The number of hydrogen-bond donors (Lipinski definition) is 1. The summed E-state index contributed by atoms with van der Waals surface area (Å²) < 4.78 is 5.10. The van der Waals surface area contributed by atoms with Crippen LogP contribution in [0.2, 0.25) is 0 Å². The lowest BCUT2D eigenvalue weighted by atomic mass is 9.85. The minimum absolute atomic E-state index is 0.0439. The monoisotopic (exact) mass is 267 g/mol. The molecule has 0 aromatic carbocycles. The van der Waals surface area contributed by atoms with Crippen molar-refractivity contribution in [2.45, 2.75) is 53.6 Å². The zero-order chi connectivity index (χ0) is 14.8. The first-order valence-electron chi connectivity index (χ1n) is 6.54. The average Bonchev–Trinajstić information content (AvgIpc) is 2.59. The summed E-state index contributed by atoms with van der Waals surface area (Å²) in [4.78, 5) is 13.8. The maximum atomic E-state index is 12.1. The molecule has 0 saturated heterocycles. The van der Waals surface area contributed by atoms with Crippen LogP contribution in [-0.2, 0) is 11.3 Å². The molecule has 1 rings (SSSR count). The molecule has 0 aliphatic heterocycles. The van der Waals surface area contributed by atoms with E-state index in [1.807, 2.05) is 34.6 Å². The molecule has 0 aliphatic rings. The van der Waals surface area contributed by atoms with Gasteiger partial charge >= 0.3 is 0 Å². The Morgan fingerprint density at radius 1 is 1.42 bits per heavy atom. The van der Waals surface area contributed by atoms with Crippen molar-refractivity contribution in [2.75, 3.05) is 7.05 Å². The fourth-order valence-electron chi connectivity index (χ4n) is 1.70. The summed E-state index contributed by atoms with van der Waals surface area (Å²) in [6.07, 6.45) is 0.351. The Morgan fingerprint density at radius 2 is 2.00 bits per heavy atom. The highest BCUT2D eigenvalue weighted by Gasteiger charge is 2.25. The molecule has 0 radical (unpaired) electrons. The van der Waals surface area contributed by atoms with Gasteiger partial charge in [0.05, 0.1) is 12.2 Å². The van der Waals surface area contributed by atoms with Gasteiger partial charge in [0.1, 0.15) is 5.76 Å². The highest BCUT2D eigenvalue weighted by atomic mass is 16.5. The zero-order valence-corrected chi connectivity index (χ0v) is 12.8. The third kappa shape index (κ3) is 4.06. The summed E-state index contributed by atoms with van der Waals surface area (Å²) in [6.45, 7) is 10.4.